The molecule has 2 rings (SSSR count). The second kappa shape index (κ2) is 7.59. The maximum atomic E-state index is 12.0. The number of amides is 1. The van der Waals surface area contributed by atoms with Gasteiger partial charge in [0.05, 0.1) is 0 Å². The van der Waals surface area contributed by atoms with Crippen molar-refractivity contribution < 1.29 is 9.53 Å². The van der Waals surface area contributed by atoms with Crippen molar-refractivity contribution in [2.75, 3.05) is 11.9 Å². The molecule has 0 saturated heterocycles. The Bertz CT molecular complexity index is 640. The van der Waals surface area contributed by atoms with Gasteiger partial charge in [-0.2, -0.15) is 0 Å². The van der Waals surface area contributed by atoms with Crippen molar-refractivity contribution in [1.29, 1.82) is 0 Å². The third-order valence-electron chi connectivity index (χ3n) is 3.60. The van der Waals surface area contributed by atoms with Crippen LogP contribution in [-0.2, 0) is 4.79 Å². The van der Waals surface area contributed by atoms with Gasteiger partial charge in [-0.1, -0.05) is 32.0 Å². The monoisotopic (exact) mass is 298 g/mol. The smallest absolute Gasteiger partial charge is 0.263 e. The predicted octanol–water partition coefficient (Wildman–Crippen LogP) is 3.92. The lowest BCUT2D eigenvalue weighted by Crippen LogP contribution is -2.21. The number of carbonyl (C=O) groups is 1. The van der Waals surface area contributed by atoms with Crippen LogP contribution in [0.4, 0.5) is 5.82 Å². The topological polar surface area (TPSA) is 51.2 Å². The van der Waals surface area contributed by atoms with Gasteiger partial charge in [0.15, 0.2) is 6.61 Å². The van der Waals surface area contributed by atoms with Gasteiger partial charge in [-0.3, -0.25) is 4.79 Å². The molecule has 0 bridgehead atoms. The molecule has 0 aliphatic carbocycles. The Morgan fingerprint density at radius 3 is 2.82 bits per heavy atom. The molecule has 1 aromatic carbocycles. The summed E-state index contributed by atoms with van der Waals surface area (Å²) in [6, 6.07) is 11.6. The Kier molecular flexibility index (Phi) is 5.53. The minimum absolute atomic E-state index is 0.0247. The zero-order valence-electron chi connectivity index (χ0n) is 13.3. The molecule has 0 radical (unpaired) electrons. The van der Waals surface area contributed by atoms with Gasteiger partial charge >= 0.3 is 0 Å². The fraction of sp³-hybridized carbons (Fsp3) is 0.333. The lowest BCUT2D eigenvalue weighted by atomic mass is 9.98. The van der Waals surface area contributed by atoms with E-state index in [-0.39, 0.29) is 12.5 Å². The van der Waals surface area contributed by atoms with Crippen molar-refractivity contribution >= 4 is 11.7 Å². The van der Waals surface area contributed by atoms with Gasteiger partial charge in [0, 0.05) is 6.20 Å². The number of aryl methyl sites for hydroxylation is 1. The van der Waals surface area contributed by atoms with Crippen molar-refractivity contribution in [2.24, 2.45) is 0 Å². The van der Waals surface area contributed by atoms with Crippen LogP contribution in [-0.4, -0.2) is 17.5 Å². The molecule has 1 amide bonds. The largest absolute Gasteiger partial charge is 0.483 e. The normalized spacial score (nSPS) is 11.8. The molecule has 22 heavy (non-hydrogen) atoms. The van der Waals surface area contributed by atoms with E-state index < -0.39 is 0 Å². The number of rotatable bonds is 6. The standard InChI is InChI=1S/C18H22N2O2/c1-4-14(3)15-7-5-6-8-16(15)22-12-18(21)20-17-11-13(2)9-10-19-17/h5-11,14H,4,12H2,1-3H3,(H,19,20,21). The second-order valence-corrected chi connectivity index (χ2v) is 5.40. The Balaban J connectivity index is 1.97. The van der Waals surface area contributed by atoms with Gasteiger partial charge in [0.1, 0.15) is 11.6 Å². The summed E-state index contributed by atoms with van der Waals surface area (Å²) in [4.78, 5) is 16.1. The first-order valence-electron chi connectivity index (χ1n) is 7.54. The molecule has 0 fully saturated rings. The molecule has 1 atom stereocenters. The number of nitrogens with one attached hydrogen (secondary N) is 1. The molecule has 4 heteroatoms. The first-order valence-corrected chi connectivity index (χ1v) is 7.54. The van der Waals surface area contributed by atoms with Crippen molar-refractivity contribution in [3.63, 3.8) is 0 Å². The Labute approximate surface area is 131 Å². The van der Waals surface area contributed by atoms with Crippen LogP contribution in [0.2, 0.25) is 0 Å². The summed E-state index contributed by atoms with van der Waals surface area (Å²) in [5, 5.41) is 2.74. The quantitative estimate of drug-likeness (QED) is 0.879. The van der Waals surface area contributed by atoms with E-state index in [0.717, 1.165) is 23.3 Å². The summed E-state index contributed by atoms with van der Waals surface area (Å²) in [7, 11) is 0. The minimum atomic E-state index is -0.211. The first kappa shape index (κ1) is 16.0. The molecule has 0 aliphatic rings. The Morgan fingerprint density at radius 1 is 1.32 bits per heavy atom. The van der Waals surface area contributed by atoms with Crippen LogP contribution in [0.3, 0.4) is 0 Å². The molecule has 0 saturated carbocycles. The van der Waals surface area contributed by atoms with Crippen molar-refractivity contribution in [2.45, 2.75) is 33.1 Å². The van der Waals surface area contributed by atoms with E-state index in [4.69, 9.17) is 4.74 Å². The van der Waals surface area contributed by atoms with E-state index in [1.807, 2.05) is 43.3 Å². The molecule has 1 heterocycles. The number of anilines is 1. The molecular formula is C18H22N2O2. The second-order valence-electron chi connectivity index (χ2n) is 5.40. The van der Waals surface area contributed by atoms with E-state index in [2.05, 4.69) is 24.1 Å². The lowest BCUT2D eigenvalue weighted by Gasteiger charge is -2.15. The highest BCUT2D eigenvalue weighted by Crippen LogP contribution is 2.28. The van der Waals surface area contributed by atoms with Crippen LogP contribution in [0.25, 0.3) is 0 Å². The van der Waals surface area contributed by atoms with Gasteiger partial charge in [0.25, 0.3) is 5.91 Å². The summed E-state index contributed by atoms with van der Waals surface area (Å²) in [6.45, 7) is 6.22. The molecule has 1 unspecified atom stereocenters. The molecular weight excluding hydrogens is 276 g/mol. The summed E-state index contributed by atoms with van der Waals surface area (Å²) in [5.41, 5.74) is 2.18. The fourth-order valence-electron chi connectivity index (χ4n) is 2.17. The van der Waals surface area contributed by atoms with Crippen LogP contribution < -0.4 is 10.1 Å². The molecule has 1 N–H and O–H groups in total. The van der Waals surface area contributed by atoms with Crippen LogP contribution in [0.5, 0.6) is 5.75 Å². The predicted molar refractivity (Wildman–Crippen MR) is 88.2 cm³/mol. The van der Waals surface area contributed by atoms with Crippen LogP contribution in [0.15, 0.2) is 42.6 Å². The SMILES string of the molecule is CCC(C)c1ccccc1OCC(=O)Nc1cc(C)ccn1. The van der Waals surface area contributed by atoms with Crippen LogP contribution in [0, 0.1) is 6.92 Å². The van der Waals surface area contributed by atoms with Gasteiger partial charge in [-0.05, 0) is 48.6 Å². The molecule has 1 aromatic heterocycles. The molecule has 0 spiro atoms. The van der Waals surface area contributed by atoms with Crippen LogP contribution in [0.1, 0.15) is 37.3 Å². The summed E-state index contributed by atoms with van der Waals surface area (Å²) < 4.78 is 5.68. The average Bonchev–Trinajstić information content (AvgIpc) is 2.52. The maximum absolute atomic E-state index is 12.0. The highest BCUT2D eigenvalue weighted by atomic mass is 16.5. The number of aromatic nitrogens is 1. The third-order valence-corrected chi connectivity index (χ3v) is 3.60. The Morgan fingerprint density at radius 2 is 2.09 bits per heavy atom. The zero-order chi connectivity index (χ0) is 15.9. The van der Waals surface area contributed by atoms with Crippen molar-refractivity contribution in [1.82, 2.24) is 4.98 Å². The van der Waals surface area contributed by atoms with E-state index >= 15 is 0 Å². The zero-order valence-corrected chi connectivity index (χ0v) is 13.3. The Hall–Kier alpha value is -2.36. The fourth-order valence-corrected chi connectivity index (χ4v) is 2.17. The van der Waals surface area contributed by atoms with Gasteiger partial charge in [-0.25, -0.2) is 4.98 Å². The number of para-hydroxylation sites is 1. The third kappa shape index (κ3) is 4.32. The van der Waals surface area contributed by atoms with Crippen molar-refractivity contribution in [3.8, 4) is 5.75 Å². The maximum Gasteiger partial charge on any atom is 0.263 e. The lowest BCUT2D eigenvalue weighted by molar-refractivity contribution is -0.118. The van der Waals surface area contributed by atoms with E-state index in [9.17, 15) is 4.79 Å². The number of ether oxygens (including phenoxy) is 1. The van der Waals surface area contributed by atoms with E-state index in [1.165, 1.54) is 0 Å². The van der Waals surface area contributed by atoms with Gasteiger partial charge < -0.3 is 10.1 Å². The summed E-state index contributed by atoms with van der Waals surface area (Å²) in [6.07, 6.45) is 2.70. The number of hydrogen-bond donors (Lipinski definition) is 1. The van der Waals surface area contributed by atoms with Gasteiger partial charge in [-0.15, -0.1) is 0 Å². The molecule has 116 valence electrons. The highest BCUT2D eigenvalue weighted by Gasteiger charge is 2.11. The molecule has 0 aliphatic heterocycles. The summed E-state index contributed by atoms with van der Waals surface area (Å²) in [5.74, 6) is 1.50. The van der Waals surface area contributed by atoms with E-state index in [0.29, 0.717) is 11.7 Å². The van der Waals surface area contributed by atoms with Crippen LogP contribution >= 0.6 is 0 Å². The molecule has 2 aromatic rings. The average molecular weight is 298 g/mol. The number of hydrogen-bond acceptors (Lipinski definition) is 3. The highest BCUT2D eigenvalue weighted by molar-refractivity contribution is 5.91. The number of carbonyl (C=O) groups excluding carboxylic acids is 1. The number of nitrogens with zero attached hydrogens (tertiary/aromatic N) is 1. The number of pyridine rings is 1. The summed E-state index contributed by atoms with van der Waals surface area (Å²) >= 11 is 0. The first-order chi connectivity index (χ1) is 10.6. The van der Waals surface area contributed by atoms with Gasteiger partial charge in [0.2, 0.25) is 0 Å². The van der Waals surface area contributed by atoms with Crippen molar-refractivity contribution in [3.05, 3.63) is 53.7 Å². The minimum Gasteiger partial charge on any atom is -0.483 e. The number of benzene rings is 1. The molecule has 4 nitrogen and oxygen atoms in total. The van der Waals surface area contributed by atoms with E-state index in [1.54, 1.807) is 6.20 Å².